The van der Waals surface area contributed by atoms with Gasteiger partial charge in [-0.25, -0.2) is 4.98 Å². The molecule has 3 heterocycles. The number of fused-ring (bicyclic) bond motifs is 2. The molecule has 1 aliphatic rings. The van der Waals surface area contributed by atoms with Gasteiger partial charge in [-0.1, -0.05) is 17.7 Å². The van der Waals surface area contributed by atoms with Crippen molar-refractivity contribution in [2.24, 2.45) is 0 Å². The maximum absolute atomic E-state index is 12.4. The third kappa shape index (κ3) is 3.50. The number of anilines is 1. The normalized spacial score (nSPS) is 12.7. The summed E-state index contributed by atoms with van der Waals surface area (Å²) in [4.78, 5) is 17.1. The van der Waals surface area contributed by atoms with E-state index in [1.807, 2.05) is 47.1 Å². The van der Waals surface area contributed by atoms with E-state index in [1.54, 1.807) is 24.3 Å². The molecular weight excluding hydrogens is 390 g/mol. The fourth-order valence-electron chi connectivity index (χ4n) is 3.24. The van der Waals surface area contributed by atoms with Crippen LogP contribution in [0, 0.1) is 0 Å². The number of carbonyl (C=O) groups is 1. The van der Waals surface area contributed by atoms with Crippen molar-refractivity contribution >= 4 is 28.8 Å². The lowest BCUT2D eigenvalue weighted by molar-refractivity contribution is 0.102. The van der Waals surface area contributed by atoms with Crippen molar-refractivity contribution in [2.45, 2.75) is 0 Å². The van der Waals surface area contributed by atoms with Gasteiger partial charge in [-0.2, -0.15) is 0 Å². The lowest BCUT2D eigenvalue weighted by atomic mass is 10.1. The highest BCUT2D eigenvalue weighted by Crippen LogP contribution is 2.34. The Morgan fingerprint density at radius 3 is 2.72 bits per heavy atom. The molecule has 1 N–H and O–H groups in total. The van der Waals surface area contributed by atoms with Crippen LogP contribution < -0.4 is 14.8 Å². The first-order chi connectivity index (χ1) is 14.2. The van der Waals surface area contributed by atoms with E-state index in [9.17, 15) is 4.79 Å². The van der Waals surface area contributed by atoms with Crippen molar-refractivity contribution in [3.63, 3.8) is 0 Å². The SMILES string of the molecule is O=C(Nc1ccc2nc(-c3ccc4c(c3)OCCO4)cn2c1)c1cccc(Cl)c1. The number of rotatable bonds is 3. The molecule has 0 saturated heterocycles. The molecule has 2 aromatic carbocycles. The van der Waals surface area contributed by atoms with Crippen molar-refractivity contribution in [1.82, 2.24) is 9.38 Å². The van der Waals surface area contributed by atoms with Crippen molar-refractivity contribution in [3.8, 4) is 22.8 Å². The van der Waals surface area contributed by atoms with E-state index in [2.05, 4.69) is 10.3 Å². The lowest BCUT2D eigenvalue weighted by Crippen LogP contribution is -2.15. The van der Waals surface area contributed by atoms with Crippen molar-refractivity contribution in [1.29, 1.82) is 0 Å². The second-order valence-corrected chi connectivity index (χ2v) is 7.07. The number of imidazole rings is 1. The summed E-state index contributed by atoms with van der Waals surface area (Å²) in [5, 5.41) is 3.40. The van der Waals surface area contributed by atoms with Crippen molar-refractivity contribution < 1.29 is 14.3 Å². The summed E-state index contributed by atoms with van der Waals surface area (Å²) in [6, 6.07) is 16.3. The molecule has 4 aromatic rings. The molecular formula is C22H16ClN3O3. The largest absolute Gasteiger partial charge is 0.486 e. The lowest BCUT2D eigenvalue weighted by Gasteiger charge is -2.18. The van der Waals surface area contributed by atoms with Crippen LogP contribution in [0.2, 0.25) is 5.02 Å². The Morgan fingerprint density at radius 2 is 1.86 bits per heavy atom. The molecule has 0 aliphatic carbocycles. The summed E-state index contributed by atoms with van der Waals surface area (Å²) in [5.74, 6) is 1.24. The van der Waals surface area contributed by atoms with E-state index in [-0.39, 0.29) is 5.91 Å². The predicted molar refractivity (Wildman–Crippen MR) is 111 cm³/mol. The second-order valence-electron chi connectivity index (χ2n) is 6.63. The summed E-state index contributed by atoms with van der Waals surface area (Å²) >= 11 is 5.97. The van der Waals surface area contributed by atoms with Gasteiger partial charge in [-0.15, -0.1) is 0 Å². The highest BCUT2D eigenvalue weighted by molar-refractivity contribution is 6.31. The fourth-order valence-corrected chi connectivity index (χ4v) is 3.43. The van der Waals surface area contributed by atoms with Gasteiger partial charge in [0.05, 0.1) is 11.4 Å². The summed E-state index contributed by atoms with van der Waals surface area (Å²) < 4.78 is 13.1. The van der Waals surface area contributed by atoms with Crippen molar-refractivity contribution in [3.05, 3.63) is 77.6 Å². The molecule has 0 saturated carbocycles. The molecule has 0 radical (unpaired) electrons. The van der Waals surface area contributed by atoms with Crippen LogP contribution in [0.1, 0.15) is 10.4 Å². The number of benzene rings is 2. The average Bonchev–Trinajstić information content (AvgIpc) is 3.17. The van der Waals surface area contributed by atoms with Crippen LogP contribution in [0.5, 0.6) is 11.5 Å². The molecule has 0 spiro atoms. The van der Waals surface area contributed by atoms with Gasteiger partial charge in [0, 0.05) is 28.5 Å². The maximum Gasteiger partial charge on any atom is 0.255 e. The van der Waals surface area contributed by atoms with Crippen LogP contribution in [0.15, 0.2) is 67.0 Å². The van der Waals surface area contributed by atoms with E-state index in [0.29, 0.717) is 29.5 Å². The molecule has 7 heteroatoms. The van der Waals surface area contributed by atoms with Gasteiger partial charge in [0.1, 0.15) is 18.9 Å². The van der Waals surface area contributed by atoms with Crippen LogP contribution in [-0.4, -0.2) is 28.5 Å². The van der Waals surface area contributed by atoms with E-state index in [1.165, 1.54) is 0 Å². The first-order valence-electron chi connectivity index (χ1n) is 9.11. The topological polar surface area (TPSA) is 64.9 Å². The molecule has 2 aromatic heterocycles. The van der Waals surface area contributed by atoms with Gasteiger partial charge >= 0.3 is 0 Å². The monoisotopic (exact) mass is 405 g/mol. The summed E-state index contributed by atoms with van der Waals surface area (Å²) in [7, 11) is 0. The zero-order valence-electron chi connectivity index (χ0n) is 15.3. The Bertz CT molecular complexity index is 1240. The zero-order valence-corrected chi connectivity index (χ0v) is 16.0. The second kappa shape index (κ2) is 7.14. The number of ether oxygens (including phenoxy) is 2. The van der Waals surface area contributed by atoms with Gasteiger partial charge in [-0.05, 0) is 48.5 Å². The molecule has 144 valence electrons. The Balaban J connectivity index is 1.42. The number of halogens is 1. The molecule has 5 rings (SSSR count). The van der Waals surface area contributed by atoms with Gasteiger partial charge in [-0.3, -0.25) is 4.79 Å². The van der Waals surface area contributed by atoms with Crippen LogP contribution in [-0.2, 0) is 0 Å². The molecule has 6 nitrogen and oxygen atoms in total. The quantitative estimate of drug-likeness (QED) is 0.537. The highest BCUT2D eigenvalue weighted by atomic mass is 35.5. The van der Waals surface area contributed by atoms with E-state index in [4.69, 9.17) is 21.1 Å². The molecule has 1 aliphatic heterocycles. The number of hydrogen-bond donors (Lipinski definition) is 1. The molecule has 0 bridgehead atoms. The molecule has 29 heavy (non-hydrogen) atoms. The van der Waals surface area contributed by atoms with Crippen LogP contribution in [0.3, 0.4) is 0 Å². The van der Waals surface area contributed by atoms with Gasteiger partial charge in [0.25, 0.3) is 5.91 Å². The zero-order chi connectivity index (χ0) is 19.8. The minimum absolute atomic E-state index is 0.223. The van der Waals surface area contributed by atoms with Crippen LogP contribution in [0.25, 0.3) is 16.9 Å². The maximum atomic E-state index is 12.4. The number of pyridine rings is 1. The predicted octanol–water partition coefficient (Wildman–Crippen LogP) is 4.68. The highest BCUT2D eigenvalue weighted by Gasteiger charge is 2.14. The number of aromatic nitrogens is 2. The number of hydrogen-bond acceptors (Lipinski definition) is 4. The fraction of sp³-hybridized carbons (Fsp3) is 0.0909. The van der Waals surface area contributed by atoms with Gasteiger partial charge < -0.3 is 19.2 Å². The first-order valence-corrected chi connectivity index (χ1v) is 9.49. The summed E-state index contributed by atoms with van der Waals surface area (Å²) in [5.41, 5.74) is 3.67. The molecule has 1 amide bonds. The van der Waals surface area contributed by atoms with Gasteiger partial charge in [0.2, 0.25) is 0 Å². The standard InChI is InChI=1S/C22H16ClN3O3/c23-16-3-1-2-15(10-16)22(27)24-17-5-7-21-25-18(13-26(21)12-17)14-4-6-19-20(11-14)29-9-8-28-19/h1-7,10-13H,8-9H2,(H,24,27). The molecule has 0 unspecified atom stereocenters. The Kier molecular flexibility index (Phi) is 4.33. The number of carbonyl (C=O) groups excluding carboxylic acids is 1. The van der Waals surface area contributed by atoms with E-state index >= 15 is 0 Å². The van der Waals surface area contributed by atoms with Crippen LogP contribution in [0.4, 0.5) is 5.69 Å². The number of amides is 1. The van der Waals surface area contributed by atoms with Gasteiger partial charge in [0.15, 0.2) is 11.5 Å². The average molecular weight is 406 g/mol. The smallest absolute Gasteiger partial charge is 0.255 e. The Morgan fingerprint density at radius 1 is 1.00 bits per heavy atom. The Hall–Kier alpha value is -3.51. The van der Waals surface area contributed by atoms with E-state index < -0.39 is 0 Å². The summed E-state index contributed by atoms with van der Waals surface area (Å²) in [6.07, 6.45) is 3.74. The molecule has 0 fully saturated rings. The molecule has 0 atom stereocenters. The minimum Gasteiger partial charge on any atom is -0.486 e. The number of nitrogens with one attached hydrogen (secondary N) is 1. The van der Waals surface area contributed by atoms with Crippen molar-refractivity contribution in [2.75, 3.05) is 18.5 Å². The Labute approximate surface area is 171 Å². The van der Waals surface area contributed by atoms with E-state index in [0.717, 1.165) is 28.4 Å². The summed E-state index contributed by atoms with van der Waals surface area (Å²) in [6.45, 7) is 1.10. The minimum atomic E-state index is -0.223. The third-order valence-corrected chi connectivity index (χ3v) is 4.87. The third-order valence-electron chi connectivity index (χ3n) is 4.63. The first kappa shape index (κ1) is 17.6. The van der Waals surface area contributed by atoms with Crippen LogP contribution >= 0.6 is 11.6 Å². The number of nitrogens with zero attached hydrogens (tertiary/aromatic N) is 2.